The van der Waals surface area contributed by atoms with E-state index in [4.69, 9.17) is 33.5 Å². The third kappa shape index (κ3) is 2.11. The van der Waals surface area contributed by atoms with E-state index in [-0.39, 0.29) is 5.88 Å². The molecule has 0 aliphatic rings. The van der Waals surface area contributed by atoms with Crippen molar-refractivity contribution in [1.29, 1.82) is 0 Å². The second-order valence-electron chi connectivity index (χ2n) is 4.00. The Balaban J connectivity index is 2.28. The first kappa shape index (κ1) is 12.9. The van der Waals surface area contributed by atoms with Crippen LogP contribution in [0.2, 0.25) is 10.0 Å². The van der Waals surface area contributed by atoms with Gasteiger partial charge in [-0.1, -0.05) is 34.4 Å². The summed E-state index contributed by atoms with van der Waals surface area (Å²) >= 11 is 12.4. The molecule has 2 heterocycles. The summed E-state index contributed by atoms with van der Waals surface area (Å²) in [6.07, 6.45) is 3.11. The highest BCUT2D eigenvalue weighted by molar-refractivity contribution is 6.39. The maximum Gasteiger partial charge on any atom is 0.230 e. The lowest BCUT2D eigenvalue weighted by atomic mass is 10.0. The summed E-state index contributed by atoms with van der Waals surface area (Å²) in [5.41, 5.74) is 8.24. The highest BCUT2D eigenvalue weighted by Crippen LogP contribution is 2.42. The van der Waals surface area contributed by atoms with Crippen molar-refractivity contribution in [3.05, 3.63) is 46.7 Å². The van der Waals surface area contributed by atoms with Crippen molar-refractivity contribution in [2.24, 2.45) is 0 Å². The van der Waals surface area contributed by atoms with Crippen LogP contribution >= 0.6 is 23.2 Å². The van der Waals surface area contributed by atoms with E-state index in [1.54, 1.807) is 36.7 Å². The normalized spacial score (nSPS) is 10.7. The summed E-state index contributed by atoms with van der Waals surface area (Å²) in [6, 6.07) is 6.96. The van der Waals surface area contributed by atoms with Crippen molar-refractivity contribution in [2.75, 3.05) is 5.73 Å². The summed E-state index contributed by atoms with van der Waals surface area (Å²) < 4.78 is 5.08. The molecule has 3 aromatic rings. The molecule has 0 unspecified atom stereocenters. The zero-order valence-corrected chi connectivity index (χ0v) is 11.6. The molecule has 0 aliphatic carbocycles. The number of hydrogen-bond acceptors (Lipinski definition) is 5. The fourth-order valence-corrected chi connectivity index (χ4v) is 2.50. The molecule has 100 valence electrons. The van der Waals surface area contributed by atoms with Gasteiger partial charge in [-0.05, 0) is 18.2 Å². The van der Waals surface area contributed by atoms with Crippen LogP contribution in [0.25, 0.3) is 22.4 Å². The molecule has 0 aliphatic heterocycles. The second kappa shape index (κ2) is 5.11. The topological polar surface area (TPSA) is 77.8 Å². The fraction of sp³-hybridized carbons (Fsp3) is 0. The standard InChI is InChI=1S/C13H8Cl2N4O/c14-8-2-1-3-9(15)10(8)11-12(19-20-13(11)16)7-4-5-17-18-6-7/h1-6H,16H2. The van der Waals surface area contributed by atoms with Crippen molar-refractivity contribution in [1.82, 2.24) is 15.4 Å². The van der Waals surface area contributed by atoms with Crippen LogP contribution in [-0.4, -0.2) is 15.4 Å². The van der Waals surface area contributed by atoms with Crippen LogP contribution in [0.1, 0.15) is 0 Å². The maximum absolute atomic E-state index is 6.21. The summed E-state index contributed by atoms with van der Waals surface area (Å²) in [7, 11) is 0. The monoisotopic (exact) mass is 306 g/mol. The van der Waals surface area contributed by atoms with E-state index in [2.05, 4.69) is 15.4 Å². The number of halogens is 2. The Morgan fingerprint density at radius 2 is 1.75 bits per heavy atom. The van der Waals surface area contributed by atoms with Crippen molar-refractivity contribution < 1.29 is 4.52 Å². The van der Waals surface area contributed by atoms with Gasteiger partial charge in [0.25, 0.3) is 0 Å². The van der Waals surface area contributed by atoms with Crippen LogP contribution < -0.4 is 5.73 Å². The Kier molecular flexibility index (Phi) is 3.30. The molecule has 3 rings (SSSR count). The van der Waals surface area contributed by atoms with Crippen molar-refractivity contribution in [3.8, 4) is 22.4 Å². The number of rotatable bonds is 2. The molecule has 1 aromatic carbocycles. The Labute approximate surface area is 124 Å². The highest BCUT2D eigenvalue weighted by Gasteiger charge is 2.21. The summed E-state index contributed by atoms with van der Waals surface area (Å²) in [5.74, 6) is 0.145. The largest absolute Gasteiger partial charge is 0.367 e. The minimum atomic E-state index is 0.145. The van der Waals surface area contributed by atoms with Crippen molar-refractivity contribution >= 4 is 29.1 Å². The lowest BCUT2D eigenvalue weighted by Gasteiger charge is -2.07. The van der Waals surface area contributed by atoms with E-state index in [0.29, 0.717) is 32.4 Å². The third-order valence-corrected chi connectivity index (χ3v) is 3.42. The Bertz CT molecular complexity index is 738. The van der Waals surface area contributed by atoms with E-state index < -0.39 is 0 Å². The van der Waals surface area contributed by atoms with Crippen LogP contribution in [0.4, 0.5) is 5.88 Å². The molecule has 0 radical (unpaired) electrons. The number of nitrogens with two attached hydrogens (primary N) is 1. The van der Waals surface area contributed by atoms with Crippen molar-refractivity contribution in [2.45, 2.75) is 0 Å². The van der Waals surface area contributed by atoms with Crippen LogP contribution in [0.15, 0.2) is 41.2 Å². The highest BCUT2D eigenvalue weighted by atomic mass is 35.5. The van der Waals surface area contributed by atoms with E-state index in [1.807, 2.05) is 0 Å². The van der Waals surface area contributed by atoms with Gasteiger partial charge in [-0.3, -0.25) is 0 Å². The molecule has 20 heavy (non-hydrogen) atoms. The molecule has 2 aromatic heterocycles. The molecule has 0 saturated heterocycles. The number of nitrogen functional groups attached to an aromatic ring is 1. The van der Waals surface area contributed by atoms with Crippen LogP contribution in [0.3, 0.4) is 0 Å². The first-order chi connectivity index (χ1) is 9.68. The first-order valence-electron chi connectivity index (χ1n) is 5.65. The summed E-state index contributed by atoms with van der Waals surface area (Å²) in [4.78, 5) is 0. The van der Waals surface area contributed by atoms with E-state index in [1.165, 1.54) is 0 Å². The Morgan fingerprint density at radius 1 is 1.00 bits per heavy atom. The first-order valence-corrected chi connectivity index (χ1v) is 6.40. The van der Waals surface area contributed by atoms with Gasteiger partial charge < -0.3 is 10.3 Å². The van der Waals surface area contributed by atoms with Gasteiger partial charge in [0.2, 0.25) is 5.88 Å². The van der Waals surface area contributed by atoms with Gasteiger partial charge in [-0.25, -0.2) is 0 Å². The van der Waals surface area contributed by atoms with E-state index in [9.17, 15) is 0 Å². The summed E-state index contributed by atoms with van der Waals surface area (Å²) in [5, 5.41) is 12.4. The Hall–Kier alpha value is -2.11. The van der Waals surface area contributed by atoms with E-state index >= 15 is 0 Å². The average Bonchev–Trinajstić information content (AvgIpc) is 2.82. The second-order valence-corrected chi connectivity index (χ2v) is 4.81. The smallest absolute Gasteiger partial charge is 0.230 e. The van der Waals surface area contributed by atoms with E-state index in [0.717, 1.165) is 0 Å². The maximum atomic E-state index is 6.21. The molecule has 0 saturated carbocycles. The van der Waals surface area contributed by atoms with Gasteiger partial charge in [-0.2, -0.15) is 10.2 Å². The minimum Gasteiger partial charge on any atom is -0.367 e. The summed E-state index contributed by atoms with van der Waals surface area (Å²) in [6.45, 7) is 0. The molecule has 7 heteroatoms. The molecular formula is C13H8Cl2N4O. The molecule has 0 bridgehead atoms. The number of aromatic nitrogens is 3. The number of nitrogens with zero attached hydrogens (tertiary/aromatic N) is 3. The molecular weight excluding hydrogens is 299 g/mol. The quantitative estimate of drug-likeness (QED) is 0.781. The molecule has 2 N–H and O–H groups in total. The number of anilines is 1. The zero-order chi connectivity index (χ0) is 14.1. The average molecular weight is 307 g/mol. The molecule has 5 nitrogen and oxygen atoms in total. The predicted molar refractivity (Wildman–Crippen MR) is 77.4 cm³/mol. The van der Waals surface area contributed by atoms with Crippen molar-refractivity contribution in [3.63, 3.8) is 0 Å². The lowest BCUT2D eigenvalue weighted by molar-refractivity contribution is 0.439. The molecule has 0 amide bonds. The molecule has 0 fully saturated rings. The fourth-order valence-electron chi connectivity index (χ4n) is 1.91. The SMILES string of the molecule is Nc1onc(-c2ccnnc2)c1-c1c(Cl)cccc1Cl. The van der Waals surface area contributed by atoms with Crippen LogP contribution in [0, 0.1) is 0 Å². The van der Waals surface area contributed by atoms with Gasteiger partial charge in [0.1, 0.15) is 5.69 Å². The van der Waals surface area contributed by atoms with Gasteiger partial charge in [0.15, 0.2) is 0 Å². The predicted octanol–water partition coefficient (Wildman–Crippen LogP) is 3.69. The number of benzene rings is 1. The van der Waals surface area contributed by atoms with Gasteiger partial charge in [0.05, 0.1) is 28.0 Å². The molecule has 0 spiro atoms. The van der Waals surface area contributed by atoms with Crippen LogP contribution in [0.5, 0.6) is 0 Å². The van der Waals surface area contributed by atoms with Gasteiger partial charge >= 0.3 is 0 Å². The zero-order valence-electron chi connectivity index (χ0n) is 10.0. The Morgan fingerprint density at radius 3 is 2.40 bits per heavy atom. The van der Waals surface area contributed by atoms with Gasteiger partial charge in [0, 0.05) is 11.1 Å². The lowest BCUT2D eigenvalue weighted by Crippen LogP contribution is -1.90. The molecule has 0 atom stereocenters. The van der Waals surface area contributed by atoms with Gasteiger partial charge in [-0.15, -0.1) is 0 Å². The minimum absolute atomic E-state index is 0.145. The third-order valence-electron chi connectivity index (χ3n) is 2.79. The van der Waals surface area contributed by atoms with Crippen LogP contribution in [-0.2, 0) is 0 Å². The number of hydrogen-bond donors (Lipinski definition) is 1.